The Morgan fingerprint density at radius 3 is 2.40 bits per heavy atom. The van der Waals surface area contributed by atoms with Crippen molar-refractivity contribution in [2.24, 2.45) is 0 Å². The van der Waals surface area contributed by atoms with Gasteiger partial charge in [0.15, 0.2) is 11.2 Å². The molecule has 1 spiro atoms. The lowest BCUT2D eigenvalue weighted by atomic mass is 10.2. The molecule has 2 rings (SSSR count). The Balaban J connectivity index is 2.49. The van der Waals surface area contributed by atoms with Gasteiger partial charge in [-0.25, -0.2) is 0 Å². The van der Waals surface area contributed by atoms with E-state index in [1.807, 2.05) is 0 Å². The van der Waals surface area contributed by atoms with Gasteiger partial charge < -0.3 is 14.4 Å². The summed E-state index contributed by atoms with van der Waals surface area (Å²) in [6.45, 7) is 0.829. The van der Waals surface area contributed by atoms with Gasteiger partial charge in [-0.3, -0.25) is 4.79 Å². The van der Waals surface area contributed by atoms with E-state index in [0.717, 1.165) is 0 Å². The zero-order valence-corrected chi connectivity index (χ0v) is 9.93. The van der Waals surface area contributed by atoms with E-state index in [9.17, 15) is 4.79 Å². The van der Waals surface area contributed by atoms with Crippen molar-refractivity contribution in [3.63, 3.8) is 0 Å². The molecule has 0 radical (unpaired) electrons. The summed E-state index contributed by atoms with van der Waals surface area (Å²) in [7, 11) is 3.54. The smallest absolute Gasteiger partial charge is 0.236 e. The van der Waals surface area contributed by atoms with Crippen molar-refractivity contribution < 1.29 is 14.3 Å². The molecule has 1 fully saturated rings. The topological polar surface area (TPSA) is 38.8 Å². The predicted molar refractivity (Wildman–Crippen MR) is 55.8 cm³/mol. The summed E-state index contributed by atoms with van der Waals surface area (Å²) < 4.78 is 10.9. The first-order valence-corrected chi connectivity index (χ1v) is 5.36. The normalized spacial score (nSPS) is 29.3. The molecule has 4 nitrogen and oxygen atoms in total. The summed E-state index contributed by atoms with van der Waals surface area (Å²) in [6.07, 6.45) is 0. The van der Waals surface area contributed by atoms with E-state index in [-0.39, 0.29) is 10.8 Å². The molecule has 84 valence electrons. The summed E-state index contributed by atoms with van der Waals surface area (Å²) in [4.78, 5) is 13.4. The van der Waals surface area contributed by atoms with Crippen LogP contribution in [-0.2, 0) is 14.3 Å². The van der Waals surface area contributed by atoms with Gasteiger partial charge in [-0.2, -0.15) is 0 Å². The van der Waals surface area contributed by atoms with Gasteiger partial charge in [-0.1, -0.05) is 11.6 Å². The van der Waals surface area contributed by atoms with Gasteiger partial charge in [-0.05, 0) is 0 Å². The first-order valence-electron chi connectivity index (χ1n) is 4.54. The number of likely N-dealkylation sites (N-methyl/N-ethyl adjacent to an activating group) is 1. The fourth-order valence-electron chi connectivity index (χ4n) is 1.89. The molecule has 0 aromatic carbocycles. The molecule has 1 aliphatic carbocycles. The van der Waals surface area contributed by atoms with Crippen molar-refractivity contribution >= 4 is 29.0 Å². The van der Waals surface area contributed by atoms with E-state index < -0.39 is 11.2 Å². The van der Waals surface area contributed by atoms with Crippen LogP contribution in [0.15, 0.2) is 10.7 Å². The van der Waals surface area contributed by atoms with Crippen LogP contribution in [0.1, 0.15) is 0 Å². The fourth-order valence-corrected chi connectivity index (χ4v) is 2.70. The average molecular weight is 252 g/mol. The first kappa shape index (κ1) is 11.2. The molecule has 0 aromatic rings. The number of allylic oxidation sites excluding steroid dienone is 1. The maximum atomic E-state index is 11.7. The SMILES string of the molecule is CN(C)C1=C(Cl)C(=O)C(Cl)C12OCCO2. The summed E-state index contributed by atoms with van der Waals surface area (Å²) in [5.41, 5.74) is 0.506. The Labute approximate surface area is 97.7 Å². The second-order valence-corrected chi connectivity index (χ2v) is 4.46. The molecule has 0 aromatic heterocycles. The summed E-state index contributed by atoms with van der Waals surface area (Å²) >= 11 is 11.9. The lowest BCUT2D eigenvalue weighted by molar-refractivity contribution is -0.143. The van der Waals surface area contributed by atoms with Crippen LogP contribution >= 0.6 is 23.2 Å². The van der Waals surface area contributed by atoms with Crippen molar-refractivity contribution in [2.75, 3.05) is 27.3 Å². The molecule has 1 unspecified atom stereocenters. The highest BCUT2D eigenvalue weighted by Crippen LogP contribution is 2.45. The number of alkyl halides is 1. The standard InChI is InChI=1S/C9H11Cl2NO3/c1-12(2)8-5(10)6(13)7(11)9(8)14-3-4-15-9/h7H,3-4H2,1-2H3. The molecule has 0 saturated carbocycles. The maximum Gasteiger partial charge on any atom is 0.236 e. The van der Waals surface area contributed by atoms with Crippen LogP contribution in [0.5, 0.6) is 0 Å². The van der Waals surface area contributed by atoms with Crippen molar-refractivity contribution in [2.45, 2.75) is 11.2 Å². The third-order valence-electron chi connectivity index (χ3n) is 2.48. The number of halogens is 2. The van der Waals surface area contributed by atoms with Crippen LogP contribution in [0.25, 0.3) is 0 Å². The molecule has 1 heterocycles. The van der Waals surface area contributed by atoms with Gasteiger partial charge in [0.05, 0.1) is 18.9 Å². The maximum absolute atomic E-state index is 11.7. The molecule has 0 bridgehead atoms. The van der Waals surface area contributed by atoms with Gasteiger partial charge in [0.1, 0.15) is 5.03 Å². The summed E-state index contributed by atoms with van der Waals surface area (Å²) in [6, 6.07) is 0. The minimum atomic E-state index is -1.18. The molecule has 1 aliphatic heterocycles. The number of carbonyl (C=O) groups is 1. The lowest BCUT2D eigenvalue weighted by Crippen LogP contribution is -2.44. The highest BCUT2D eigenvalue weighted by Gasteiger charge is 2.58. The van der Waals surface area contributed by atoms with Crippen LogP contribution in [-0.4, -0.2) is 49.2 Å². The Morgan fingerprint density at radius 2 is 1.93 bits per heavy atom. The van der Waals surface area contributed by atoms with Gasteiger partial charge >= 0.3 is 0 Å². The highest BCUT2D eigenvalue weighted by molar-refractivity contribution is 6.50. The number of Topliss-reactive ketones (excluding diaryl/α,β-unsaturated/α-hetero) is 1. The quantitative estimate of drug-likeness (QED) is 0.651. The van der Waals surface area contributed by atoms with Gasteiger partial charge in [0.25, 0.3) is 0 Å². The van der Waals surface area contributed by atoms with E-state index in [4.69, 9.17) is 32.7 Å². The zero-order chi connectivity index (χ0) is 11.2. The Kier molecular flexibility index (Phi) is 2.71. The summed E-state index contributed by atoms with van der Waals surface area (Å²) in [5, 5.41) is -0.799. The number of carbonyl (C=O) groups excluding carboxylic acids is 1. The number of rotatable bonds is 1. The van der Waals surface area contributed by atoms with Crippen molar-refractivity contribution in [3.8, 4) is 0 Å². The molecule has 1 saturated heterocycles. The minimum absolute atomic E-state index is 0.0990. The first-order chi connectivity index (χ1) is 7.00. The lowest BCUT2D eigenvalue weighted by Gasteiger charge is -2.31. The molecule has 0 N–H and O–H groups in total. The average Bonchev–Trinajstić information content (AvgIpc) is 2.70. The molecule has 2 aliphatic rings. The summed E-state index contributed by atoms with van der Waals surface area (Å²) in [5.74, 6) is -1.52. The van der Waals surface area contributed by atoms with Crippen molar-refractivity contribution in [3.05, 3.63) is 10.7 Å². The number of ether oxygens (including phenoxy) is 2. The van der Waals surface area contributed by atoms with Crippen molar-refractivity contribution in [1.82, 2.24) is 4.90 Å². The second kappa shape index (κ2) is 3.63. The second-order valence-electron chi connectivity index (χ2n) is 3.65. The number of nitrogens with zero attached hydrogens (tertiary/aromatic N) is 1. The van der Waals surface area contributed by atoms with E-state index in [1.54, 1.807) is 19.0 Å². The van der Waals surface area contributed by atoms with Gasteiger partial charge in [-0.15, -0.1) is 11.6 Å². The highest BCUT2D eigenvalue weighted by atomic mass is 35.5. The third kappa shape index (κ3) is 1.40. The van der Waals surface area contributed by atoms with E-state index >= 15 is 0 Å². The Bertz CT molecular complexity index is 334. The minimum Gasteiger partial charge on any atom is -0.375 e. The molecule has 15 heavy (non-hydrogen) atoms. The number of hydrogen-bond donors (Lipinski definition) is 0. The van der Waals surface area contributed by atoms with Crippen molar-refractivity contribution in [1.29, 1.82) is 0 Å². The number of ketones is 1. The van der Waals surface area contributed by atoms with E-state index in [2.05, 4.69) is 0 Å². The van der Waals surface area contributed by atoms with E-state index in [0.29, 0.717) is 18.9 Å². The molecule has 0 amide bonds. The van der Waals surface area contributed by atoms with Crippen LogP contribution in [0.2, 0.25) is 0 Å². The van der Waals surface area contributed by atoms with Gasteiger partial charge in [0.2, 0.25) is 5.79 Å². The third-order valence-corrected chi connectivity index (χ3v) is 3.33. The molecule has 6 heteroatoms. The largest absolute Gasteiger partial charge is 0.375 e. The molecular weight excluding hydrogens is 241 g/mol. The van der Waals surface area contributed by atoms with Gasteiger partial charge in [0, 0.05) is 14.1 Å². The zero-order valence-electron chi connectivity index (χ0n) is 8.42. The van der Waals surface area contributed by atoms with E-state index in [1.165, 1.54) is 0 Å². The number of hydrogen-bond acceptors (Lipinski definition) is 4. The predicted octanol–water partition coefficient (Wildman–Crippen LogP) is 0.932. The van der Waals surface area contributed by atoms with Crippen LogP contribution in [0.3, 0.4) is 0 Å². The monoisotopic (exact) mass is 251 g/mol. The molecule has 1 atom stereocenters. The fraction of sp³-hybridized carbons (Fsp3) is 0.667. The van der Waals surface area contributed by atoms with Crippen LogP contribution in [0, 0.1) is 0 Å². The Morgan fingerprint density at radius 1 is 1.40 bits per heavy atom. The van der Waals surface area contributed by atoms with Crippen LogP contribution in [0.4, 0.5) is 0 Å². The Hall–Kier alpha value is -0.290. The molecular formula is C9H11Cl2NO3. The van der Waals surface area contributed by atoms with Crippen LogP contribution < -0.4 is 0 Å².